The van der Waals surface area contributed by atoms with E-state index in [0.717, 1.165) is 4.52 Å². The number of nitrogens with zero attached hydrogens (tertiary/aromatic N) is 4. The number of rotatable bonds is 3. The van der Waals surface area contributed by atoms with E-state index in [-0.39, 0.29) is 22.7 Å². The summed E-state index contributed by atoms with van der Waals surface area (Å²) >= 11 is 0. The van der Waals surface area contributed by atoms with Crippen LogP contribution >= 0.6 is 0 Å². The summed E-state index contributed by atoms with van der Waals surface area (Å²) in [7, 11) is 0. The van der Waals surface area contributed by atoms with E-state index in [1.165, 1.54) is 18.2 Å². The van der Waals surface area contributed by atoms with Gasteiger partial charge in [0.25, 0.3) is 5.78 Å². The molecule has 0 atom stereocenters. The Morgan fingerprint density at radius 3 is 2.76 bits per heavy atom. The molecule has 2 aromatic heterocycles. The fourth-order valence-electron chi connectivity index (χ4n) is 2.02. The fraction of sp³-hybridized carbons (Fsp3) is 0.143. The molecular formula is C14H11FN4O2. The van der Waals surface area contributed by atoms with Gasteiger partial charge < -0.3 is 5.11 Å². The third-order valence-electron chi connectivity index (χ3n) is 3.04. The van der Waals surface area contributed by atoms with Crippen molar-refractivity contribution in [2.75, 3.05) is 0 Å². The number of fused-ring (bicyclic) bond motifs is 1. The van der Waals surface area contributed by atoms with Crippen LogP contribution in [0.2, 0.25) is 0 Å². The average molecular weight is 286 g/mol. The predicted octanol–water partition coefficient (Wildman–Crippen LogP) is 2.19. The highest BCUT2D eigenvalue weighted by Crippen LogP contribution is 2.22. The van der Waals surface area contributed by atoms with Gasteiger partial charge in [-0.15, -0.1) is 5.10 Å². The second-order valence-electron chi connectivity index (χ2n) is 4.41. The Kier molecular flexibility index (Phi) is 3.09. The molecule has 1 N–H and O–H groups in total. The number of benzene rings is 1. The standard InChI is InChI=1S/C14H11FN4O2/c1-2-12-17-14-16-10(8-5-3-4-6-9(8)15)7-11(13(20)21)19(14)18-12/h3-7H,2H2,1H3,(H,20,21). The number of aryl methyl sites for hydroxylation is 1. The molecule has 0 saturated heterocycles. The van der Waals surface area contributed by atoms with E-state index in [0.29, 0.717) is 12.2 Å². The fourth-order valence-corrected chi connectivity index (χ4v) is 2.02. The molecule has 21 heavy (non-hydrogen) atoms. The summed E-state index contributed by atoms with van der Waals surface area (Å²) in [5.41, 5.74) is 0.335. The van der Waals surface area contributed by atoms with Crippen LogP contribution in [0.25, 0.3) is 17.0 Å². The summed E-state index contributed by atoms with van der Waals surface area (Å²) in [5.74, 6) is -1.02. The third-order valence-corrected chi connectivity index (χ3v) is 3.04. The smallest absolute Gasteiger partial charge is 0.354 e. The first-order valence-corrected chi connectivity index (χ1v) is 6.35. The molecule has 6 nitrogen and oxygen atoms in total. The van der Waals surface area contributed by atoms with Gasteiger partial charge in [-0.1, -0.05) is 19.1 Å². The van der Waals surface area contributed by atoms with Crippen LogP contribution < -0.4 is 0 Å². The van der Waals surface area contributed by atoms with Gasteiger partial charge in [0.1, 0.15) is 5.82 Å². The monoisotopic (exact) mass is 286 g/mol. The Hall–Kier alpha value is -2.83. The van der Waals surface area contributed by atoms with Crippen molar-refractivity contribution >= 4 is 11.7 Å². The molecule has 0 aliphatic carbocycles. The van der Waals surface area contributed by atoms with Crippen molar-refractivity contribution in [1.82, 2.24) is 19.6 Å². The molecule has 0 saturated carbocycles. The maximum Gasteiger partial charge on any atom is 0.354 e. The first-order chi connectivity index (χ1) is 10.1. The van der Waals surface area contributed by atoms with Crippen LogP contribution in [0.15, 0.2) is 30.3 Å². The van der Waals surface area contributed by atoms with Gasteiger partial charge in [0.05, 0.1) is 5.69 Å². The Bertz CT molecular complexity index is 844. The molecule has 0 fully saturated rings. The van der Waals surface area contributed by atoms with Gasteiger partial charge in [0.2, 0.25) is 0 Å². The molecule has 2 heterocycles. The Labute approximate surface area is 118 Å². The van der Waals surface area contributed by atoms with Crippen molar-refractivity contribution in [3.05, 3.63) is 47.7 Å². The van der Waals surface area contributed by atoms with Gasteiger partial charge >= 0.3 is 5.97 Å². The number of hydrogen-bond acceptors (Lipinski definition) is 4. The second kappa shape index (κ2) is 4.93. The number of halogens is 1. The second-order valence-corrected chi connectivity index (χ2v) is 4.41. The average Bonchev–Trinajstić information content (AvgIpc) is 2.89. The van der Waals surface area contributed by atoms with E-state index in [1.54, 1.807) is 12.1 Å². The molecule has 0 aliphatic heterocycles. The summed E-state index contributed by atoms with van der Waals surface area (Å²) in [6.07, 6.45) is 0.553. The Morgan fingerprint density at radius 1 is 1.33 bits per heavy atom. The lowest BCUT2D eigenvalue weighted by atomic mass is 10.1. The largest absolute Gasteiger partial charge is 0.477 e. The zero-order valence-electron chi connectivity index (χ0n) is 11.1. The molecule has 0 unspecified atom stereocenters. The topological polar surface area (TPSA) is 80.4 Å². The minimum Gasteiger partial charge on any atom is -0.477 e. The van der Waals surface area contributed by atoms with Gasteiger partial charge in [0, 0.05) is 12.0 Å². The molecule has 3 rings (SSSR count). The molecule has 7 heteroatoms. The number of carboxylic acid groups (broad SMARTS) is 1. The molecule has 106 valence electrons. The van der Waals surface area contributed by atoms with Gasteiger partial charge in [-0.25, -0.2) is 14.2 Å². The molecule has 0 bridgehead atoms. The SMILES string of the molecule is CCc1nc2nc(-c3ccccc3F)cc(C(=O)O)n2n1. The summed E-state index contributed by atoms with van der Waals surface area (Å²) in [5, 5.41) is 13.4. The maximum atomic E-state index is 13.8. The van der Waals surface area contributed by atoms with E-state index in [2.05, 4.69) is 15.1 Å². The molecule has 0 radical (unpaired) electrons. The highest BCUT2D eigenvalue weighted by Gasteiger charge is 2.17. The summed E-state index contributed by atoms with van der Waals surface area (Å²) in [6.45, 7) is 1.85. The third kappa shape index (κ3) is 2.22. The van der Waals surface area contributed by atoms with Crippen LogP contribution in [0, 0.1) is 5.82 Å². The van der Waals surface area contributed by atoms with Crippen molar-refractivity contribution in [3.8, 4) is 11.3 Å². The number of aromatic nitrogens is 4. The van der Waals surface area contributed by atoms with Gasteiger partial charge in [-0.2, -0.15) is 9.50 Å². The summed E-state index contributed by atoms with van der Waals surface area (Å²) in [4.78, 5) is 19.7. The lowest BCUT2D eigenvalue weighted by Gasteiger charge is -2.05. The molecule has 0 amide bonds. The van der Waals surface area contributed by atoms with Crippen molar-refractivity contribution in [2.45, 2.75) is 13.3 Å². The van der Waals surface area contributed by atoms with Crippen molar-refractivity contribution in [1.29, 1.82) is 0 Å². The Morgan fingerprint density at radius 2 is 2.10 bits per heavy atom. The molecule has 1 aromatic carbocycles. The van der Waals surface area contributed by atoms with Crippen LogP contribution in [-0.4, -0.2) is 30.7 Å². The first kappa shape index (κ1) is 13.2. The van der Waals surface area contributed by atoms with Gasteiger partial charge in [-0.3, -0.25) is 0 Å². The Balaban J connectivity index is 2.30. The minimum atomic E-state index is -1.17. The van der Waals surface area contributed by atoms with E-state index in [1.807, 2.05) is 6.92 Å². The summed E-state index contributed by atoms with van der Waals surface area (Å²) in [6, 6.07) is 7.34. The lowest BCUT2D eigenvalue weighted by Crippen LogP contribution is -2.08. The van der Waals surface area contributed by atoms with Crippen molar-refractivity contribution < 1.29 is 14.3 Å². The van der Waals surface area contributed by atoms with Gasteiger partial charge in [0.15, 0.2) is 11.5 Å². The van der Waals surface area contributed by atoms with Crippen LogP contribution in [-0.2, 0) is 6.42 Å². The first-order valence-electron chi connectivity index (χ1n) is 6.35. The van der Waals surface area contributed by atoms with Crippen LogP contribution in [0.1, 0.15) is 23.2 Å². The van der Waals surface area contributed by atoms with Crippen LogP contribution in [0.4, 0.5) is 4.39 Å². The predicted molar refractivity (Wildman–Crippen MR) is 72.5 cm³/mol. The number of hydrogen-bond donors (Lipinski definition) is 1. The lowest BCUT2D eigenvalue weighted by molar-refractivity contribution is 0.0687. The van der Waals surface area contributed by atoms with Crippen LogP contribution in [0.3, 0.4) is 0 Å². The molecular weight excluding hydrogens is 275 g/mol. The summed E-state index contributed by atoms with van der Waals surface area (Å²) < 4.78 is 15.0. The number of aromatic carboxylic acids is 1. The quantitative estimate of drug-likeness (QED) is 0.798. The molecule has 0 spiro atoms. The van der Waals surface area contributed by atoms with Gasteiger partial charge in [-0.05, 0) is 18.2 Å². The van der Waals surface area contributed by atoms with E-state index in [9.17, 15) is 14.3 Å². The van der Waals surface area contributed by atoms with E-state index in [4.69, 9.17) is 0 Å². The zero-order chi connectivity index (χ0) is 15.0. The zero-order valence-corrected chi connectivity index (χ0v) is 11.1. The highest BCUT2D eigenvalue weighted by atomic mass is 19.1. The maximum absolute atomic E-state index is 13.8. The molecule has 0 aliphatic rings. The normalized spacial score (nSPS) is 11.0. The number of carboxylic acids is 1. The molecule has 3 aromatic rings. The van der Waals surface area contributed by atoms with E-state index < -0.39 is 11.8 Å². The highest BCUT2D eigenvalue weighted by molar-refractivity contribution is 5.87. The van der Waals surface area contributed by atoms with Crippen molar-refractivity contribution in [3.63, 3.8) is 0 Å². The number of carbonyl (C=O) groups is 1. The van der Waals surface area contributed by atoms with E-state index >= 15 is 0 Å². The minimum absolute atomic E-state index is 0.106. The van der Waals surface area contributed by atoms with Crippen LogP contribution in [0.5, 0.6) is 0 Å². The van der Waals surface area contributed by atoms with Crippen molar-refractivity contribution in [2.24, 2.45) is 0 Å².